The highest BCUT2D eigenvalue weighted by Crippen LogP contribution is 2.28. The van der Waals surface area contributed by atoms with Gasteiger partial charge in [-0.1, -0.05) is 32.0 Å². The second kappa shape index (κ2) is 7.14. The quantitative estimate of drug-likeness (QED) is 0.930. The smallest absolute Gasteiger partial charge is 0.226 e. The van der Waals surface area contributed by atoms with Crippen molar-refractivity contribution in [1.29, 1.82) is 0 Å². The number of hydrogen-bond acceptors (Lipinski definition) is 3. The van der Waals surface area contributed by atoms with E-state index in [1.807, 2.05) is 36.1 Å². The summed E-state index contributed by atoms with van der Waals surface area (Å²) in [5, 5.41) is 9.92. The van der Waals surface area contributed by atoms with Gasteiger partial charge in [0.05, 0.1) is 19.1 Å². The molecule has 1 aliphatic heterocycles. The lowest BCUT2D eigenvalue weighted by atomic mass is 9.87. The SMILES string of the molecule is Cc1ccccc1OCCC(=O)N1CC[C@@H](O)CC(C)(C)C1. The Morgan fingerprint density at radius 1 is 1.41 bits per heavy atom. The summed E-state index contributed by atoms with van der Waals surface area (Å²) in [4.78, 5) is 14.3. The predicted molar refractivity (Wildman–Crippen MR) is 86.9 cm³/mol. The van der Waals surface area contributed by atoms with Crippen molar-refractivity contribution >= 4 is 5.91 Å². The molecule has 1 saturated heterocycles. The van der Waals surface area contributed by atoms with Crippen LogP contribution in [0.3, 0.4) is 0 Å². The molecule has 2 rings (SSSR count). The summed E-state index contributed by atoms with van der Waals surface area (Å²) >= 11 is 0. The number of amides is 1. The number of hydrogen-bond donors (Lipinski definition) is 1. The monoisotopic (exact) mass is 305 g/mol. The highest BCUT2D eigenvalue weighted by molar-refractivity contribution is 5.76. The minimum Gasteiger partial charge on any atom is -0.493 e. The van der Waals surface area contributed by atoms with Crippen molar-refractivity contribution in [3.05, 3.63) is 29.8 Å². The van der Waals surface area contributed by atoms with Crippen molar-refractivity contribution in [1.82, 2.24) is 4.90 Å². The molecule has 1 aromatic rings. The molecule has 4 nitrogen and oxygen atoms in total. The Bertz CT molecular complexity index is 513. The van der Waals surface area contributed by atoms with Gasteiger partial charge < -0.3 is 14.7 Å². The summed E-state index contributed by atoms with van der Waals surface area (Å²) in [6.45, 7) is 7.93. The Morgan fingerprint density at radius 3 is 2.86 bits per heavy atom. The van der Waals surface area contributed by atoms with Crippen molar-refractivity contribution in [2.75, 3.05) is 19.7 Å². The number of carbonyl (C=O) groups is 1. The van der Waals surface area contributed by atoms with Crippen LogP contribution in [0.2, 0.25) is 0 Å². The highest BCUT2D eigenvalue weighted by atomic mass is 16.5. The minimum absolute atomic E-state index is 0.0392. The van der Waals surface area contributed by atoms with Crippen LogP contribution in [-0.4, -0.2) is 41.7 Å². The Balaban J connectivity index is 1.85. The van der Waals surface area contributed by atoms with Crippen molar-refractivity contribution in [2.24, 2.45) is 5.41 Å². The van der Waals surface area contributed by atoms with E-state index in [2.05, 4.69) is 13.8 Å². The molecule has 4 heteroatoms. The first-order chi connectivity index (χ1) is 10.4. The van der Waals surface area contributed by atoms with Gasteiger partial charge in [-0.15, -0.1) is 0 Å². The highest BCUT2D eigenvalue weighted by Gasteiger charge is 2.31. The van der Waals surface area contributed by atoms with Crippen LogP contribution in [0.4, 0.5) is 0 Å². The third-order valence-electron chi connectivity index (χ3n) is 4.16. The fourth-order valence-electron chi connectivity index (χ4n) is 3.04. The number of carbonyl (C=O) groups excluding carboxylic acids is 1. The molecule has 0 bridgehead atoms. The van der Waals surface area contributed by atoms with Crippen LogP contribution in [0.15, 0.2) is 24.3 Å². The summed E-state index contributed by atoms with van der Waals surface area (Å²) in [5.41, 5.74) is 1.04. The summed E-state index contributed by atoms with van der Waals surface area (Å²) in [6.07, 6.45) is 1.47. The number of benzene rings is 1. The van der Waals surface area contributed by atoms with Gasteiger partial charge in [0.25, 0.3) is 0 Å². The molecule has 1 N–H and O–H groups in total. The molecule has 0 aliphatic carbocycles. The van der Waals surface area contributed by atoms with Gasteiger partial charge in [0.1, 0.15) is 5.75 Å². The molecule has 22 heavy (non-hydrogen) atoms. The maximum absolute atomic E-state index is 12.4. The molecule has 122 valence electrons. The number of aliphatic hydroxyl groups excluding tert-OH is 1. The first kappa shape index (κ1) is 16.8. The number of ether oxygens (including phenoxy) is 1. The largest absolute Gasteiger partial charge is 0.493 e. The third kappa shape index (κ3) is 4.73. The van der Waals surface area contributed by atoms with Crippen LogP contribution in [-0.2, 0) is 4.79 Å². The Hall–Kier alpha value is -1.55. The van der Waals surface area contributed by atoms with E-state index in [9.17, 15) is 9.90 Å². The van der Waals surface area contributed by atoms with Crippen LogP contribution >= 0.6 is 0 Å². The average molecular weight is 305 g/mol. The minimum atomic E-state index is -0.309. The van der Waals surface area contributed by atoms with Gasteiger partial charge in [0.15, 0.2) is 0 Å². The van der Waals surface area contributed by atoms with Gasteiger partial charge in [0.2, 0.25) is 5.91 Å². The van der Waals surface area contributed by atoms with Gasteiger partial charge in [-0.25, -0.2) is 0 Å². The molecule has 1 atom stereocenters. The number of aryl methyl sites for hydroxylation is 1. The normalized spacial score (nSPS) is 21.3. The van der Waals surface area contributed by atoms with E-state index in [0.717, 1.165) is 17.7 Å². The van der Waals surface area contributed by atoms with Crippen LogP contribution in [0.5, 0.6) is 5.75 Å². The Kier molecular flexibility index (Phi) is 5.46. The zero-order valence-corrected chi connectivity index (χ0v) is 13.8. The maximum Gasteiger partial charge on any atom is 0.226 e. The van der Waals surface area contributed by atoms with Gasteiger partial charge in [-0.2, -0.15) is 0 Å². The van der Waals surface area contributed by atoms with Gasteiger partial charge in [-0.05, 0) is 36.8 Å². The molecule has 1 aromatic carbocycles. The average Bonchev–Trinajstić information content (AvgIpc) is 2.58. The number of likely N-dealkylation sites (tertiary alicyclic amines) is 1. The molecule has 1 heterocycles. The molecule has 0 radical (unpaired) electrons. The Labute approximate surface area is 133 Å². The van der Waals surface area contributed by atoms with Crippen molar-refractivity contribution in [2.45, 2.75) is 46.1 Å². The van der Waals surface area contributed by atoms with Gasteiger partial charge in [-0.3, -0.25) is 4.79 Å². The number of para-hydroxylation sites is 1. The zero-order valence-electron chi connectivity index (χ0n) is 13.8. The molecular formula is C18H27NO3. The number of nitrogens with zero attached hydrogens (tertiary/aromatic N) is 1. The third-order valence-corrected chi connectivity index (χ3v) is 4.16. The second-order valence-corrected chi connectivity index (χ2v) is 6.99. The van der Waals surface area contributed by atoms with E-state index in [-0.39, 0.29) is 17.4 Å². The summed E-state index contributed by atoms with van der Waals surface area (Å²) in [5.74, 6) is 0.942. The first-order valence-electron chi connectivity index (χ1n) is 8.02. The Morgan fingerprint density at radius 2 is 2.14 bits per heavy atom. The van der Waals surface area contributed by atoms with Crippen LogP contribution < -0.4 is 4.74 Å². The summed E-state index contributed by atoms with van der Waals surface area (Å²) in [6, 6.07) is 7.82. The van der Waals surface area contributed by atoms with Crippen molar-refractivity contribution in [3.8, 4) is 5.75 Å². The summed E-state index contributed by atoms with van der Waals surface area (Å²) < 4.78 is 5.71. The van der Waals surface area contributed by atoms with E-state index in [1.54, 1.807) is 0 Å². The van der Waals surface area contributed by atoms with E-state index >= 15 is 0 Å². The number of aliphatic hydroxyl groups is 1. The zero-order chi connectivity index (χ0) is 16.2. The lowest BCUT2D eigenvalue weighted by Crippen LogP contribution is -2.38. The van der Waals surface area contributed by atoms with Crippen molar-refractivity contribution < 1.29 is 14.6 Å². The summed E-state index contributed by atoms with van der Waals surface area (Å²) in [7, 11) is 0. The number of rotatable bonds is 4. The molecule has 0 spiro atoms. The molecule has 1 aliphatic rings. The first-order valence-corrected chi connectivity index (χ1v) is 8.02. The maximum atomic E-state index is 12.4. The van der Waals surface area contributed by atoms with Crippen LogP contribution in [0, 0.1) is 12.3 Å². The molecule has 1 fully saturated rings. The lowest BCUT2D eigenvalue weighted by molar-refractivity contribution is -0.132. The van der Waals surface area contributed by atoms with E-state index in [1.165, 1.54) is 0 Å². The molecule has 0 unspecified atom stereocenters. The topological polar surface area (TPSA) is 49.8 Å². The van der Waals surface area contributed by atoms with E-state index in [0.29, 0.717) is 32.5 Å². The molecule has 0 aromatic heterocycles. The molecule has 1 amide bonds. The van der Waals surface area contributed by atoms with Gasteiger partial charge in [0, 0.05) is 13.1 Å². The van der Waals surface area contributed by atoms with E-state index in [4.69, 9.17) is 4.74 Å². The van der Waals surface area contributed by atoms with Crippen LogP contribution in [0.1, 0.15) is 38.7 Å². The van der Waals surface area contributed by atoms with Crippen molar-refractivity contribution in [3.63, 3.8) is 0 Å². The lowest BCUT2D eigenvalue weighted by Gasteiger charge is -2.29. The molecular weight excluding hydrogens is 278 g/mol. The van der Waals surface area contributed by atoms with Gasteiger partial charge >= 0.3 is 0 Å². The van der Waals surface area contributed by atoms with E-state index < -0.39 is 0 Å². The molecule has 0 saturated carbocycles. The fraction of sp³-hybridized carbons (Fsp3) is 0.611. The predicted octanol–water partition coefficient (Wildman–Crippen LogP) is 2.77. The van der Waals surface area contributed by atoms with Crippen LogP contribution in [0.25, 0.3) is 0 Å². The second-order valence-electron chi connectivity index (χ2n) is 6.99. The standard InChI is InChI=1S/C18H27NO3/c1-14-6-4-5-7-16(14)22-11-9-17(21)19-10-8-15(20)12-18(2,3)13-19/h4-7,15,20H,8-13H2,1-3H3/t15-/m1/s1. The fourth-order valence-corrected chi connectivity index (χ4v) is 3.04.